The van der Waals surface area contributed by atoms with Crippen LogP contribution in [0.5, 0.6) is 17.4 Å². The van der Waals surface area contributed by atoms with Crippen LogP contribution in [-0.4, -0.2) is 85.5 Å². The summed E-state index contributed by atoms with van der Waals surface area (Å²) in [6.07, 6.45) is 2.07. The molecular weight excluding hydrogens is 790 g/mol. The Morgan fingerprint density at radius 3 is 2.29 bits per heavy atom. The molecule has 0 unspecified atom stereocenters. The summed E-state index contributed by atoms with van der Waals surface area (Å²) in [5.41, 5.74) is -3.24. The number of carbonyl (C=O) groups excluding carboxylic acids is 4. The molecule has 2 amide bonds. The normalized spacial score (nSPS) is 23.2. The van der Waals surface area contributed by atoms with Crippen LogP contribution in [0.3, 0.4) is 0 Å². The second kappa shape index (κ2) is 17.1. The lowest BCUT2D eigenvalue weighted by atomic mass is 9.77. The average molecular weight is 850 g/mol. The molecule has 1 aromatic heterocycles. The zero-order valence-corrected chi connectivity index (χ0v) is 37.1. The number of nitrogens with zero attached hydrogens (tertiary/aromatic N) is 2. The summed E-state index contributed by atoms with van der Waals surface area (Å²) >= 11 is 6.68. The van der Waals surface area contributed by atoms with Gasteiger partial charge in [0, 0.05) is 24.3 Å². The van der Waals surface area contributed by atoms with Crippen LogP contribution >= 0.6 is 11.6 Å². The first-order valence-corrected chi connectivity index (χ1v) is 22.1. The number of Topliss-reactive ketones (excluding diaryl/α,β-unsaturated/α-hetero) is 1. The van der Waals surface area contributed by atoms with Crippen LogP contribution in [0.1, 0.15) is 120 Å². The maximum absolute atomic E-state index is 14.8. The zero-order chi connectivity index (χ0) is 43.0. The number of nitrogens with one attached hydrogen (secondary N) is 1. The van der Waals surface area contributed by atoms with Crippen LogP contribution in [0.15, 0.2) is 18.2 Å². The SMILES string of the molecule is CCCC1(OS(=O)(=O)NC(=O)[C@@]2(CC(=O)[C@@H]3C[C@@H](Oc4cc(OCC)nc5c(Cl)c(OC)ccc45)CN3C(=O)[C@@H](CC(=O)OC(C)(C)C)C(C)(C)C)C[C@H]2CC)CC1. The fourth-order valence-corrected chi connectivity index (χ4v) is 9.62. The lowest BCUT2D eigenvalue weighted by Crippen LogP contribution is -2.49. The Kier molecular flexibility index (Phi) is 13.4. The number of esters is 1. The van der Waals surface area contributed by atoms with Gasteiger partial charge in [-0.2, -0.15) is 8.42 Å². The summed E-state index contributed by atoms with van der Waals surface area (Å²) in [5.74, 6) is -2.33. The van der Waals surface area contributed by atoms with E-state index in [0.717, 1.165) is 6.42 Å². The summed E-state index contributed by atoms with van der Waals surface area (Å²) in [6, 6.07) is 4.00. The van der Waals surface area contributed by atoms with Gasteiger partial charge in [-0.15, -0.1) is 0 Å². The first-order valence-electron chi connectivity index (χ1n) is 20.3. The van der Waals surface area contributed by atoms with Crippen molar-refractivity contribution in [1.82, 2.24) is 14.6 Å². The molecular formula is C42H60ClN3O11S. The second-order valence-electron chi connectivity index (χ2n) is 18.1. The van der Waals surface area contributed by atoms with Crippen LogP contribution in [0.4, 0.5) is 0 Å². The third kappa shape index (κ3) is 10.4. The first-order chi connectivity index (χ1) is 27.0. The van der Waals surface area contributed by atoms with Gasteiger partial charge in [-0.3, -0.25) is 19.2 Å². The highest BCUT2D eigenvalue weighted by atomic mass is 35.5. The highest BCUT2D eigenvalue weighted by molar-refractivity contribution is 7.85. The Hall–Kier alpha value is -3.69. The molecule has 5 atom stereocenters. The molecule has 1 saturated heterocycles. The number of ketones is 1. The van der Waals surface area contributed by atoms with Gasteiger partial charge in [-0.05, 0) is 76.8 Å². The predicted octanol–water partition coefficient (Wildman–Crippen LogP) is 7.12. The Bertz CT molecular complexity index is 2010. The van der Waals surface area contributed by atoms with Gasteiger partial charge in [-0.1, -0.05) is 59.1 Å². The van der Waals surface area contributed by atoms with Crippen molar-refractivity contribution in [3.8, 4) is 17.4 Å². The summed E-state index contributed by atoms with van der Waals surface area (Å²) in [5, 5.41) is 0.801. The van der Waals surface area contributed by atoms with E-state index in [0.29, 0.717) is 61.1 Å². The van der Waals surface area contributed by atoms with Crippen LogP contribution in [0, 0.1) is 22.7 Å². The van der Waals surface area contributed by atoms with Crippen molar-refractivity contribution in [3.63, 3.8) is 0 Å². The average Bonchev–Trinajstić information content (AvgIpc) is 3.99. The van der Waals surface area contributed by atoms with E-state index in [4.69, 9.17) is 34.7 Å². The molecule has 14 nitrogen and oxygen atoms in total. The molecule has 322 valence electrons. The fraction of sp³-hybridized carbons (Fsp3) is 0.690. The summed E-state index contributed by atoms with van der Waals surface area (Å²) in [6.45, 7) is 16.7. The molecule has 3 fully saturated rings. The molecule has 5 rings (SSSR count). The van der Waals surface area contributed by atoms with Gasteiger partial charge in [0.1, 0.15) is 33.7 Å². The second-order valence-corrected chi connectivity index (χ2v) is 19.7. The molecule has 0 bridgehead atoms. The molecule has 2 aliphatic carbocycles. The van der Waals surface area contributed by atoms with Crippen LogP contribution < -0.4 is 18.9 Å². The number of fused-ring (bicyclic) bond motifs is 1. The van der Waals surface area contributed by atoms with Gasteiger partial charge in [0.15, 0.2) is 5.78 Å². The molecule has 1 N–H and O–H groups in total. The number of pyridine rings is 1. The number of halogens is 1. The predicted molar refractivity (Wildman–Crippen MR) is 218 cm³/mol. The van der Waals surface area contributed by atoms with E-state index in [1.165, 1.54) is 12.0 Å². The molecule has 3 aliphatic rings. The van der Waals surface area contributed by atoms with Crippen molar-refractivity contribution in [2.75, 3.05) is 20.3 Å². The van der Waals surface area contributed by atoms with Gasteiger partial charge in [0.25, 0.3) is 0 Å². The monoisotopic (exact) mass is 849 g/mol. The van der Waals surface area contributed by atoms with E-state index in [2.05, 4.69) is 9.71 Å². The highest BCUT2D eigenvalue weighted by Crippen LogP contribution is 2.58. The quantitative estimate of drug-likeness (QED) is 0.151. The molecule has 1 aromatic carbocycles. The van der Waals surface area contributed by atoms with Crippen LogP contribution in [-0.2, 0) is 38.4 Å². The number of hydrogen-bond acceptors (Lipinski definition) is 12. The topological polar surface area (TPSA) is 177 Å². The van der Waals surface area contributed by atoms with Crippen molar-refractivity contribution in [2.24, 2.45) is 22.7 Å². The zero-order valence-electron chi connectivity index (χ0n) is 35.5. The number of carbonyl (C=O) groups is 4. The van der Waals surface area contributed by atoms with Crippen molar-refractivity contribution in [3.05, 3.63) is 23.2 Å². The van der Waals surface area contributed by atoms with Gasteiger partial charge in [0.2, 0.25) is 17.7 Å². The standard InChI is InChI=1S/C42H60ClN3O11S/c1-11-16-41(17-18-41)57-58(51,52)45-38(50)42(22-25(42)12-2)23-30(47)29-19-26(24-46(29)37(49)28(39(4,5)6)20-34(48)56-40(7,8)9)55-32-21-33(54-13-3)44-36-27(32)14-15-31(53-10)35(36)43/h14-15,21,25-26,28-29H,11-13,16-20,22-24H2,1-10H3,(H,45,50)/t25-,26-,28-,29+,42-/m1/s1. The minimum Gasteiger partial charge on any atom is -0.495 e. The number of rotatable bonds is 18. The molecule has 2 heterocycles. The van der Waals surface area contributed by atoms with E-state index in [9.17, 15) is 27.6 Å². The van der Waals surface area contributed by atoms with E-state index >= 15 is 0 Å². The van der Waals surface area contributed by atoms with E-state index < -0.39 is 74.0 Å². The summed E-state index contributed by atoms with van der Waals surface area (Å²) in [7, 11) is -2.96. The smallest absolute Gasteiger partial charge is 0.362 e. The molecule has 0 radical (unpaired) electrons. The molecule has 58 heavy (non-hydrogen) atoms. The van der Waals surface area contributed by atoms with Crippen molar-refractivity contribution < 1.29 is 50.7 Å². The fourth-order valence-electron chi connectivity index (χ4n) is 8.15. The number of aromatic nitrogens is 1. The minimum absolute atomic E-state index is 0.0219. The van der Waals surface area contributed by atoms with Gasteiger partial charge < -0.3 is 23.8 Å². The molecule has 0 spiro atoms. The van der Waals surface area contributed by atoms with Crippen molar-refractivity contribution in [1.29, 1.82) is 0 Å². The number of amides is 2. The Labute approximate surface area is 347 Å². The molecule has 2 saturated carbocycles. The Balaban J connectivity index is 1.48. The summed E-state index contributed by atoms with van der Waals surface area (Å²) < 4.78 is 57.3. The third-order valence-corrected chi connectivity index (χ3v) is 12.7. The maximum atomic E-state index is 14.8. The lowest BCUT2D eigenvalue weighted by Gasteiger charge is -2.35. The number of methoxy groups -OCH3 is 1. The molecule has 2 aromatic rings. The Morgan fingerprint density at radius 1 is 1.05 bits per heavy atom. The first kappa shape index (κ1) is 45.4. The largest absolute Gasteiger partial charge is 0.495 e. The third-order valence-electron chi connectivity index (χ3n) is 11.4. The van der Waals surface area contributed by atoms with Gasteiger partial charge >= 0.3 is 16.3 Å². The summed E-state index contributed by atoms with van der Waals surface area (Å²) in [4.78, 5) is 62.5. The molecule has 16 heteroatoms. The molecule has 1 aliphatic heterocycles. The van der Waals surface area contributed by atoms with Crippen LogP contribution in [0.25, 0.3) is 10.9 Å². The maximum Gasteiger partial charge on any atom is 0.362 e. The number of ether oxygens (including phenoxy) is 4. The van der Waals surface area contributed by atoms with E-state index in [1.807, 2.05) is 41.5 Å². The van der Waals surface area contributed by atoms with Gasteiger partial charge in [0.05, 0.1) is 49.7 Å². The number of likely N-dealkylation sites (tertiary alicyclic amines) is 1. The van der Waals surface area contributed by atoms with E-state index in [1.54, 1.807) is 39.0 Å². The van der Waals surface area contributed by atoms with Crippen LogP contribution in [0.2, 0.25) is 5.02 Å². The number of benzene rings is 1. The highest BCUT2D eigenvalue weighted by Gasteiger charge is 2.62. The number of hydrogen-bond donors (Lipinski definition) is 1. The minimum atomic E-state index is -4.45. The van der Waals surface area contributed by atoms with Crippen molar-refractivity contribution >= 4 is 56.4 Å². The Morgan fingerprint density at radius 2 is 1.74 bits per heavy atom. The van der Waals surface area contributed by atoms with Gasteiger partial charge in [-0.25, -0.2) is 13.9 Å². The lowest BCUT2D eigenvalue weighted by molar-refractivity contribution is -0.161. The van der Waals surface area contributed by atoms with Crippen molar-refractivity contribution in [2.45, 2.75) is 143 Å². The van der Waals surface area contributed by atoms with E-state index in [-0.39, 0.29) is 42.6 Å².